The molecule has 4 N–H and O–H groups in total. The molecular weight excluding hydrogens is 380 g/mol. The number of amides is 2. The molecule has 2 saturated heterocycles. The average Bonchev–Trinajstić information content (AvgIpc) is 3.23. The average molecular weight is 409 g/mol. The topological polar surface area (TPSA) is 118 Å². The van der Waals surface area contributed by atoms with Crippen molar-refractivity contribution in [2.45, 2.75) is 31.7 Å². The van der Waals surface area contributed by atoms with Gasteiger partial charge in [-0.2, -0.15) is 0 Å². The second-order valence-electron chi connectivity index (χ2n) is 8.24. The highest BCUT2D eigenvalue weighted by Crippen LogP contribution is 2.38. The van der Waals surface area contributed by atoms with Crippen molar-refractivity contribution in [3.8, 4) is 11.1 Å². The van der Waals surface area contributed by atoms with E-state index in [1.807, 2.05) is 11.0 Å². The molecule has 0 aliphatic carbocycles. The van der Waals surface area contributed by atoms with Gasteiger partial charge in [0.25, 0.3) is 0 Å². The van der Waals surface area contributed by atoms with Crippen molar-refractivity contribution < 1.29 is 9.59 Å². The molecule has 0 bridgehead atoms. The van der Waals surface area contributed by atoms with E-state index in [0.717, 1.165) is 62.1 Å². The van der Waals surface area contributed by atoms with Gasteiger partial charge in [0, 0.05) is 29.8 Å². The maximum Gasteiger partial charge on any atom is 0.248 e. The smallest absolute Gasteiger partial charge is 0.248 e. The molecule has 3 heterocycles. The number of piperidine rings is 1. The molecule has 8 heteroatoms. The van der Waals surface area contributed by atoms with Crippen LogP contribution < -0.4 is 11.5 Å². The van der Waals surface area contributed by atoms with E-state index in [9.17, 15) is 9.59 Å². The summed E-state index contributed by atoms with van der Waals surface area (Å²) < 4.78 is 0. The fourth-order valence-corrected chi connectivity index (χ4v) is 4.53. The molecule has 158 valence electrons. The van der Waals surface area contributed by atoms with Gasteiger partial charge in [-0.1, -0.05) is 12.1 Å². The predicted molar refractivity (Wildman–Crippen MR) is 114 cm³/mol. The van der Waals surface area contributed by atoms with E-state index in [4.69, 9.17) is 11.5 Å². The van der Waals surface area contributed by atoms with Crippen LogP contribution in [0.25, 0.3) is 11.1 Å². The van der Waals surface area contributed by atoms with Crippen molar-refractivity contribution in [1.29, 1.82) is 0 Å². The number of anilines is 1. The summed E-state index contributed by atoms with van der Waals surface area (Å²) in [5.74, 6) is -0.0460. The molecule has 1 aromatic carbocycles. The van der Waals surface area contributed by atoms with Crippen molar-refractivity contribution in [2.24, 2.45) is 11.7 Å². The van der Waals surface area contributed by atoms with Crippen LogP contribution in [0.5, 0.6) is 0 Å². The van der Waals surface area contributed by atoms with Crippen molar-refractivity contribution in [3.05, 3.63) is 41.7 Å². The van der Waals surface area contributed by atoms with Crippen molar-refractivity contribution >= 4 is 17.8 Å². The Bertz CT molecular complexity index is 954. The zero-order valence-electron chi connectivity index (χ0n) is 17.3. The van der Waals surface area contributed by atoms with E-state index in [1.165, 1.54) is 0 Å². The Morgan fingerprint density at radius 2 is 1.90 bits per heavy atom. The molecule has 2 aliphatic heterocycles. The second-order valence-corrected chi connectivity index (χ2v) is 8.24. The van der Waals surface area contributed by atoms with Crippen LogP contribution in [0.4, 0.5) is 5.95 Å². The lowest BCUT2D eigenvalue weighted by Crippen LogP contribution is -2.41. The SMILES string of the molecule is CN1CCC(C(=O)N2CCCC2c2nc(N)ncc2-c2cccc(C(N)=O)c2)CC1. The number of rotatable bonds is 4. The number of hydrogen-bond acceptors (Lipinski definition) is 6. The summed E-state index contributed by atoms with van der Waals surface area (Å²) in [7, 11) is 2.09. The summed E-state index contributed by atoms with van der Waals surface area (Å²) >= 11 is 0. The molecule has 1 aromatic heterocycles. The summed E-state index contributed by atoms with van der Waals surface area (Å²) in [6.45, 7) is 2.61. The summed E-state index contributed by atoms with van der Waals surface area (Å²) in [6, 6.07) is 6.94. The first-order chi connectivity index (χ1) is 14.4. The van der Waals surface area contributed by atoms with Crippen LogP contribution in [0.3, 0.4) is 0 Å². The zero-order valence-corrected chi connectivity index (χ0v) is 17.3. The van der Waals surface area contributed by atoms with Gasteiger partial charge in [0.15, 0.2) is 0 Å². The van der Waals surface area contributed by atoms with Gasteiger partial charge in [0.2, 0.25) is 17.8 Å². The first kappa shape index (κ1) is 20.3. The van der Waals surface area contributed by atoms with Gasteiger partial charge in [-0.3, -0.25) is 9.59 Å². The highest BCUT2D eigenvalue weighted by molar-refractivity contribution is 5.94. The Hall–Kier alpha value is -3.00. The quantitative estimate of drug-likeness (QED) is 0.797. The number of aromatic nitrogens is 2. The molecule has 2 amide bonds. The number of benzene rings is 1. The van der Waals surface area contributed by atoms with E-state index in [2.05, 4.69) is 21.9 Å². The Morgan fingerprint density at radius 3 is 2.63 bits per heavy atom. The number of hydrogen-bond donors (Lipinski definition) is 2. The van der Waals surface area contributed by atoms with Crippen molar-refractivity contribution in [1.82, 2.24) is 19.8 Å². The van der Waals surface area contributed by atoms with E-state index in [-0.39, 0.29) is 23.8 Å². The fourth-order valence-electron chi connectivity index (χ4n) is 4.53. The maximum atomic E-state index is 13.3. The monoisotopic (exact) mass is 408 g/mol. The minimum absolute atomic E-state index is 0.0580. The van der Waals surface area contributed by atoms with Crippen molar-refractivity contribution in [3.63, 3.8) is 0 Å². The van der Waals surface area contributed by atoms with E-state index >= 15 is 0 Å². The number of likely N-dealkylation sites (tertiary alicyclic amines) is 2. The molecule has 0 saturated carbocycles. The summed E-state index contributed by atoms with van der Waals surface area (Å²) in [6.07, 6.45) is 5.20. The molecule has 2 aromatic rings. The van der Waals surface area contributed by atoms with Crippen LogP contribution in [-0.2, 0) is 4.79 Å². The van der Waals surface area contributed by atoms with Gasteiger partial charge in [0.1, 0.15) is 0 Å². The summed E-state index contributed by atoms with van der Waals surface area (Å²) in [5.41, 5.74) is 14.1. The molecule has 2 fully saturated rings. The summed E-state index contributed by atoms with van der Waals surface area (Å²) in [4.78, 5) is 37.9. The van der Waals surface area contributed by atoms with Crippen LogP contribution in [0.15, 0.2) is 30.5 Å². The van der Waals surface area contributed by atoms with Crippen LogP contribution >= 0.6 is 0 Å². The van der Waals surface area contributed by atoms with Gasteiger partial charge < -0.3 is 21.3 Å². The standard InChI is InChI=1S/C22H28N6O2/c1-27-10-7-14(8-11-27)21(30)28-9-3-6-18(28)19-17(13-25-22(24)26-19)15-4-2-5-16(12-15)20(23)29/h2,4-5,12-14,18H,3,6-11H2,1H3,(H2,23,29)(H2,24,25,26). The van der Waals surface area contributed by atoms with E-state index < -0.39 is 5.91 Å². The normalized spacial score (nSPS) is 20.4. The minimum Gasteiger partial charge on any atom is -0.368 e. The van der Waals surface area contributed by atoms with Crippen LogP contribution in [0.1, 0.15) is 47.8 Å². The lowest BCUT2D eigenvalue weighted by atomic mass is 9.94. The second kappa shape index (κ2) is 8.39. The molecule has 2 aliphatic rings. The van der Waals surface area contributed by atoms with Crippen molar-refractivity contribution in [2.75, 3.05) is 32.4 Å². The van der Waals surface area contributed by atoms with Gasteiger partial charge in [0.05, 0.1) is 11.7 Å². The summed E-state index contributed by atoms with van der Waals surface area (Å²) in [5, 5.41) is 0. The third kappa shape index (κ3) is 4.00. The van der Waals surface area contributed by atoms with Gasteiger partial charge in [-0.05, 0) is 63.5 Å². The lowest BCUT2D eigenvalue weighted by Gasteiger charge is -2.33. The lowest BCUT2D eigenvalue weighted by molar-refractivity contribution is -0.138. The van der Waals surface area contributed by atoms with Gasteiger partial charge in [-0.25, -0.2) is 9.97 Å². The van der Waals surface area contributed by atoms with E-state index in [0.29, 0.717) is 5.56 Å². The number of nitrogens with zero attached hydrogens (tertiary/aromatic N) is 4. The van der Waals surface area contributed by atoms with Crippen LogP contribution in [0.2, 0.25) is 0 Å². The largest absolute Gasteiger partial charge is 0.368 e. The van der Waals surface area contributed by atoms with Crippen LogP contribution in [0, 0.1) is 5.92 Å². The zero-order chi connectivity index (χ0) is 21.3. The third-order valence-electron chi connectivity index (χ3n) is 6.21. The number of carbonyl (C=O) groups is 2. The highest BCUT2D eigenvalue weighted by atomic mass is 16.2. The number of nitrogens with two attached hydrogens (primary N) is 2. The molecule has 8 nitrogen and oxygen atoms in total. The maximum absolute atomic E-state index is 13.3. The molecule has 0 spiro atoms. The first-order valence-electron chi connectivity index (χ1n) is 10.5. The Kier molecular flexibility index (Phi) is 5.67. The molecule has 4 rings (SSSR count). The Morgan fingerprint density at radius 1 is 1.13 bits per heavy atom. The fraction of sp³-hybridized carbons (Fsp3) is 0.455. The Labute approximate surface area is 176 Å². The molecule has 1 atom stereocenters. The van der Waals surface area contributed by atoms with Crippen LogP contribution in [-0.4, -0.2) is 58.3 Å². The molecule has 30 heavy (non-hydrogen) atoms. The third-order valence-corrected chi connectivity index (χ3v) is 6.21. The molecule has 0 radical (unpaired) electrons. The van der Waals surface area contributed by atoms with E-state index in [1.54, 1.807) is 24.4 Å². The number of nitrogen functional groups attached to an aromatic ring is 1. The first-order valence-corrected chi connectivity index (χ1v) is 10.5. The van der Waals surface area contributed by atoms with Gasteiger partial charge >= 0.3 is 0 Å². The number of carbonyl (C=O) groups excluding carboxylic acids is 2. The predicted octanol–water partition coefficient (Wildman–Crippen LogP) is 1.83. The Balaban J connectivity index is 1.67. The van der Waals surface area contributed by atoms with Gasteiger partial charge in [-0.15, -0.1) is 0 Å². The molecular formula is C22H28N6O2. The molecule has 1 unspecified atom stereocenters. The highest BCUT2D eigenvalue weighted by Gasteiger charge is 2.37. The minimum atomic E-state index is -0.491. The number of primary amides is 1.